The summed E-state index contributed by atoms with van der Waals surface area (Å²) in [5.41, 5.74) is 0.504. The lowest BCUT2D eigenvalue weighted by Gasteiger charge is -2.21. The molecule has 2 rings (SSSR count). The minimum atomic E-state index is -0.990. The van der Waals surface area contributed by atoms with Crippen LogP contribution in [0.1, 0.15) is 18.4 Å². The number of carbonyl (C=O) groups is 2. The van der Waals surface area contributed by atoms with Crippen molar-refractivity contribution in [3.05, 3.63) is 34.6 Å². The zero-order valence-corrected chi connectivity index (χ0v) is 10.9. The molecule has 102 valence electrons. The van der Waals surface area contributed by atoms with Gasteiger partial charge in [-0.3, -0.25) is 4.79 Å². The van der Waals surface area contributed by atoms with Crippen LogP contribution in [0.15, 0.2) is 18.2 Å². The molecule has 6 heteroatoms. The summed E-state index contributed by atoms with van der Waals surface area (Å²) in [5, 5.41) is 9.20. The van der Waals surface area contributed by atoms with Crippen molar-refractivity contribution in [1.82, 2.24) is 4.90 Å². The van der Waals surface area contributed by atoms with Gasteiger partial charge in [-0.05, 0) is 30.5 Å². The Hall–Kier alpha value is -1.62. The van der Waals surface area contributed by atoms with Gasteiger partial charge in [-0.25, -0.2) is 9.18 Å². The number of likely N-dealkylation sites (tertiary alicyclic amines) is 1. The summed E-state index contributed by atoms with van der Waals surface area (Å²) in [6, 6.07) is 3.06. The second-order valence-electron chi connectivity index (χ2n) is 4.50. The summed E-state index contributed by atoms with van der Waals surface area (Å²) in [6.45, 7) is 0.439. The average molecular weight is 286 g/mol. The minimum absolute atomic E-state index is 0.0110. The summed E-state index contributed by atoms with van der Waals surface area (Å²) in [7, 11) is 0. The molecule has 1 heterocycles. The maximum absolute atomic E-state index is 12.9. The third-order valence-electron chi connectivity index (χ3n) is 3.21. The van der Waals surface area contributed by atoms with Gasteiger partial charge in [0.05, 0.1) is 6.42 Å². The molecule has 1 aromatic carbocycles. The topological polar surface area (TPSA) is 57.6 Å². The second-order valence-corrected chi connectivity index (χ2v) is 4.90. The Morgan fingerprint density at radius 1 is 1.47 bits per heavy atom. The van der Waals surface area contributed by atoms with Gasteiger partial charge in [0.1, 0.15) is 11.9 Å². The molecule has 1 atom stereocenters. The molecule has 19 heavy (non-hydrogen) atoms. The van der Waals surface area contributed by atoms with E-state index < -0.39 is 17.8 Å². The van der Waals surface area contributed by atoms with Crippen molar-refractivity contribution >= 4 is 23.5 Å². The Morgan fingerprint density at radius 2 is 2.21 bits per heavy atom. The van der Waals surface area contributed by atoms with Crippen molar-refractivity contribution in [2.75, 3.05) is 6.54 Å². The van der Waals surface area contributed by atoms with E-state index in [2.05, 4.69) is 0 Å². The van der Waals surface area contributed by atoms with Crippen LogP contribution in [0.3, 0.4) is 0 Å². The van der Waals surface area contributed by atoms with Gasteiger partial charge in [0.2, 0.25) is 5.91 Å². The standard InChI is InChI=1S/C13H13ClFNO3/c14-10-7-9(15)4-3-8(10)6-12(17)16-5-1-2-11(16)13(18)19/h3-4,7,11H,1-2,5-6H2,(H,18,19)/t11-/m0/s1. The molecule has 0 unspecified atom stereocenters. The van der Waals surface area contributed by atoms with Crippen LogP contribution < -0.4 is 0 Å². The Bertz CT molecular complexity index is 521. The molecule has 1 aliphatic rings. The van der Waals surface area contributed by atoms with Crippen LogP contribution in [-0.4, -0.2) is 34.5 Å². The van der Waals surface area contributed by atoms with E-state index in [0.29, 0.717) is 24.9 Å². The molecule has 0 aromatic heterocycles. The first-order valence-corrected chi connectivity index (χ1v) is 6.33. The van der Waals surface area contributed by atoms with E-state index in [9.17, 15) is 14.0 Å². The number of amides is 1. The number of carboxylic acid groups (broad SMARTS) is 1. The number of carbonyl (C=O) groups excluding carboxylic acids is 1. The Labute approximate surface area is 114 Å². The number of aliphatic carboxylic acids is 1. The molecule has 1 fully saturated rings. The first kappa shape index (κ1) is 13.8. The van der Waals surface area contributed by atoms with Gasteiger partial charge in [-0.1, -0.05) is 17.7 Å². The average Bonchev–Trinajstić information content (AvgIpc) is 2.82. The van der Waals surface area contributed by atoms with Gasteiger partial charge < -0.3 is 10.0 Å². The lowest BCUT2D eigenvalue weighted by Crippen LogP contribution is -2.41. The second kappa shape index (κ2) is 5.57. The van der Waals surface area contributed by atoms with Crippen molar-refractivity contribution in [2.45, 2.75) is 25.3 Å². The third-order valence-corrected chi connectivity index (χ3v) is 3.57. The largest absolute Gasteiger partial charge is 0.480 e. The fourth-order valence-corrected chi connectivity index (χ4v) is 2.49. The van der Waals surface area contributed by atoms with Crippen LogP contribution in [0.4, 0.5) is 4.39 Å². The molecule has 0 aliphatic carbocycles. The summed E-state index contributed by atoms with van der Waals surface area (Å²) >= 11 is 5.85. The lowest BCUT2D eigenvalue weighted by atomic mass is 10.1. The first-order valence-electron chi connectivity index (χ1n) is 5.95. The summed E-state index contributed by atoms with van der Waals surface area (Å²) in [4.78, 5) is 24.4. The van der Waals surface area contributed by atoms with E-state index in [1.54, 1.807) is 0 Å². The quantitative estimate of drug-likeness (QED) is 0.925. The molecule has 1 N–H and O–H groups in total. The molecular weight excluding hydrogens is 273 g/mol. The minimum Gasteiger partial charge on any atom is -0.480 e. The molecular formula is C13H13ClFNO3. The highest BCUT2D eigenvalue weighted by Gasteiger charge is 2.33. The van der Waals surface area contributed by atoms with Crippen LogP contribution in [-0.2, 0) is 16.0 Å². The van der Waals surface area contributed by atoms with E-state index in [1.807, 2.05) is 0 Å². The van der Waals surface area contributed by atoms with Gasteiger partial charge in [0.25, 0.3) is 0 Å². The Morgan fingerprint density at radius 3 is 2.84 bits per heavy atom. The van der Waals surface area contributed by atoms with Gasteiger partial charge in [0.15, 0.2) is 0 Å². The normalized spacial score (nSPS) is 18.6. The number of rotatable bonds is 3. The van der Waals surface area contributed by atoms with Crippen LogP contribution in [0.25, 0.3) is 0 Å². The first-order chi connectivity index (χ1) is 8.99. The van der Waals surface area contributed by atoms with E-state index in [-0.39, 0.29) is 17.4 Å². The van der Waals surface area contributed by atoms with Crippen molar-refractivity contribution in [2.24, 2.45) is 0 Å². The smallest absolute Gasteiger partial charge is 0.326 e. The van der Waals surface area contributed by atoms with E-state index in [0.717, 1.165) is 6.07 Å². The lowest BCUT2D eigenvalue weighted by molar-refractivity contribution is -0.148. The zero-order valence-electron chi connectivity index (χ0n) is 10.1. The van der Waals surface area contributed by atoms with Crippen LogP contribution in [0.2, 0.25) is 5.02 Å². The molecule has 4 nitrogen and oxygen atoms in total. The fraction of sp³-hybridized carbons (Fsp3) is 0.385. The van der Waals surface area contributed by atoms with Crippen molar-refractivity contribution < 1.29 is 19.1 Å². The molecule has 1 aliphatic heterocycles. The van der Waals surface area contributed by atoms with Gasteiger partial charge in [-0.2, -0.15) is 0 Å². The number of halogens is 2. The number of carboxylic acids is 1. The van der Waals surface area contributed by atoms with Crippen LogP contribution in [0.5, 0.6) is 0 Å². The molecule has 0 bridgehead atoms. The van der Waals surface area contributed by atoms with Crippen molar-refractivity contribution in [3.8, 4) is 0 Å². The third kappa shape index (κ3) is 3.04. The maximum atomic E-state index is 12.9. The van der Waals surface area contributed by atoms with E-state index in [1.165, 1.54) is 17.0 Å². The summed E-state index contributed by atoms with van der Waals surface area (Å²) < 4.78 is 12.9. The highest BCUT2D eigenvalue weighted by molar-refractivity contribution is 6.31. The summed E-state index contributed by atoms with van der Waals surface area (Å²) in [5.74, 6) is -1.75. The molecule has 1 amide bonds. The molecule has 1 aromatic rings. The number of hydrogen-bond acceptors (Lipinski definition) is 2. The maximum Gasteiger partial charge on any atom is 0.326 e. The summed E-state index contributed by atoms with van der Waals surface area (Å²) in [6.07, 6.45) is 1.14. The fourth-order valence-electron chi connectivity index (χ4n) is 2.25. The molecule has 0 saturated carbocycles. The highest BCUT2D eigenvalue weighted by Crippen LogP contribution is 2.22. The molecule has 1 saturated heterocycles. The van der Waals surface area contributed by atoms with Crippen LogP contribution >= 0.6 is 11.6 Å². The van der Waals surface area contributed by atoms with Gasteiger partial charge in [0, 0.05) is 11.6 Å². The highest BCUT2D eigenvalue weighted by atomic mass is 35.5. The predicted octanol–water partition coefficient (Wildman–Crippen LogP) is 2.10. The Balaban J connectivity index is 2.10. The van der Waals surface area contributed by atoms with E-state index >= 15 is 0 Å². The number of nitrogens with zero attached hydrogens (tertiary/aromatic N) is 1. The zero-order chi connectivity index (χ0) is 14.0. The SMILES string of the molecule is O=C(O)[C@@H]1CCCN1C(=O)Cc1ccc(F)cc1Cl. The van der Waals surface area contributed by atoms with Crippen molar-refractivity contribution in [3.63, 3.8) is 0 Å². The number of hydrogen-bond donors (Lipinski definition) is 1. The van der Waals surface area contributed by atoms with Crippen LogP contribution in [0, 0.1) is 5.82 Å². The monoisotopic (exact) mass is 285 g/mol. The van der Waals surface area contributed by atoms with E-state index in [4.69, 9.17) is 16.7 Å². The molecule has 0 spiro atoms. The van der Waals surface area contributed by atoms with Gasteiger partial charge >= 0.3 is 5.97 Å². The predicted molar refractivity (Wildman–Crippen MR) is 67.5 cm³/mol. The molecule has 0 radical (unpaired) electrons. The van der Waals surface area contributed by atoms with Crippen molar-refractivity contribution in [1.29, 1.82) is 0 Å². The number of benzene rings is 1. The van der Waals surface area contributed by atoms with Gasteiger partial charge in [-0.15, -0.1) is 0 Å². The Kier molecular flexibility index (Phi) is 4.04.